The van der Waals surface area contributed by atoms with Gasteiger partial charge in [0.2, 0.25) is 0 Å². The van der Waals surface area contributed by atoms with Crippen LogP contribution in [0.3, 0.4) is 0 Å². The Labute approximate surface area is 468 Å². The standard InChI is InChI=1S/C61H56F3N4O13P/c1-37-33-67(57(71)65-55(37)69)53-31-49(80-60(40-17-9-6-10-18-40)45-19-11-13-21-47(45)77-48-22-14-12-20-46(48)60)52(79-53)36-76-82(61(62,63)64)81-50-32-54(68-34-38(2)56(70)66-58(68)72)78-51(50)35-75-59(39-15-7-5-8-16-39,41-23-27-43(73-3)28-24-41)42-25-29-44(74-4)30-26-42/h5-30,33-34,49-54H,31-32,35-36H2,1-4H3,(H,65,69,71)(H,66,70,72)/t49-,50-,51+,52+,53+,54+,82?/m0/s1. The molecule has 11 rings (SSSR count). The molecular weight excluding hydrogens is 1080 g/mol. The molecule has 3 aliphatic rings. The summed E-state index contributed by atoms with van der Waals surface area (Å²) in [7, 11) is -0.812. The van der Waals surface area contributed by atoms with Crippen molar-refractivity contribution in [2.24, 2.45) is 0 Å². The molecule has 17 nitrogen and oxygen atoms in total. The summed E-state index contributed by atoms with van der Waals surface area (Å²) in [4.78, 5) is 56.7. The second-order valence-corrected chi connectivity index (χ2v) is 21.5. The highest BCUT2D eigenvalue weighted by Crippen LogP contribution is 2.59. The molecule has 0 amide bonds. The number of methoxy groups -OCH3 is 2. The molecule has 6 aromatic carbocycles. The van der Waals surface area contributed by atoms with Gasteiger partial charge in [0.1, 0.15) is 53.3 Å². The maximum atomic E-state index is 15.9. The van der Waals surface area contributed by atoms with Crippen LogP contribution in [-0.2, 0) is 39.2 Å². The molecule has 0 saturated carbocycles. The Hall–Kier alpha value is -7.94. The van der Waals surface area contributed by atoms with Gasteiger partial charge in [0, 0.05) is 47.5 Å². The quantitative estimate of drug-likeness (QED) is 0.0610. The lowest BCUT2D eigenvalue weighted by molar-refractivity contribution is -0.111. The summed E-state index contributed by atoms with van der Waals surface area (Å²) >= 11 is 0. The molecule has 0 bridgehead atoms. The number of rotatable bonds is 18. The first-order chi connectivity index (χ1) is 39.6. The van der Waals surface area contributed by atoms with Crippen molar-refractivity contribution < 1.29 is 55.4 Å². The van der Waals surface area contributed by atoms with Gasteiger partial charge in [0.25, 0.3) is 19.5 Å². The van der Waals surface area contributed by atoms with Crippen molar-refractivity contribution in [2.75, 3.05) is 27.4 Å². The topological polar surface area (TPSA) is 193 Å². The summed E-state index contributed by atoms with van der Waals surface area (Å²) in [6, 6.07) is 47.4. The van der Waals surface area contributed by atoms with Crippen LogP contribution >= 0.6 is 8.38 Å². The van der Waals surface area contributed by atoms with Crippen LogP contribution in [-0.4, -0.2) is 76.9 Å². The highest BCUT2D eigenvalue weighted by molar-refractivity contribution is 7.48. The first kappa shape index (κ1) is 55.9. The highest BCUT2D eigenvalue weighted by Gasteiger charge is 2.53. The molecular formula is C61H56F3N4O13P. The Morgan fingerprint density at radius 3 is 1.54 bits per heavy atom. The zero-order valence-electron chi connectivity index (χ0n) is 44.7. The van der Waals surface area contributed by atoms with Crippen LogP contribution in [0, 0.1) is 13.8 Å². The number of nitrogens with zero attached hydrogens (tertiary/aromatic N) is 2. The summed E-state index contributed by atoms with van der Waals surface area (Å²) < 4.78 is 107. The number of aryl methyl sites for hydroxylation is 2. The van der Waals surface area contributed by atoms with Crippen LogP contribution in [0.5, 0.6) is 23.0 Å². The average molecular weight is 1140 g/mol. The van der Waals surface area contributed by atoms with Gasteiger partial charge >= 0.3 is 17.3 Å². The van der Waals surface area contributed by atoms with Crippen LogP contribution in [0.4, 0.5) is 13.2 Å². The van der Waals surface area contributed by atoms with Crippen molar-refractivity contribution in [3.05, 3.63) is 256 Å². The number of alkyl halides is 3. The van der Waals surface area contributed by atoms with E-state index in [1.165, 1.54) is 45.0 Å². The fraction of sp³-hybridized carbons (Fsp3) is 0.279. The van der Waals surface area contributed by atoms with Crippen molar-refractivity contribution in [3.63, 3.8) is 0 Å². The molecule has 2 aromatic heterocycles. The van der Waals surface area contributed by atoms with Gasteiger partial charge in [0.05, 0.1) is 39.6 Å². The van der Waals surface area contributed by atoms with Gasteiger partial charge in [-0.05, 0) is 72.5 Å². The third-order valence-corrected chi connectivity index (χ3v) is 16.2. The second kappa shape index (κ2) is 23.1. The molecule has 0 spiro atoms. The van der Waals surface area contributed by atoms with E-state index in [1.54, 1.807) is 36.4 Å². The molecule has 21 heteroatoms. The third kappa shape index (κ3) is 10.7. The molecule has 8 aromatic rings. The number of para-hydroxylation sites is 2. The molecule has 7 atom stereocenters. The Morgan fingerprint density at radius 2 is 1.04 bits per heavy atom. The van der Waals surface area contributed by atoms with E-state index in [-0.39, 0.29) is 24.0 Å². The molecule has 2 N–H and O–H groups in total. The number of nitrogens with one attached hydrogen (secondary N) is 2. The lowest BCUT2D eigenvalue weighted by atomic mass is 9.77. The number of aromatic amines is 2. The molecule has 424 valence electrons. The zero-order valence-corrected chi connectivity index (χ0v) is 45.6. The molecule has 1 unspecified atom stereocenters. The molecule has 2 saturated heterocycles. The number of halogens is 3. The maximum absolute atomic E-state index is 15.9. The Kier molecular flexibility index (Phi) is 15.8. The van der Waals surface area contributed by atoms with Crippen molar-refractivity contribution in [3.8, 4) is 23.0 Å². The first-order valence-corrected chi connectivity index (χ1v) is 27.5. The number of hydrogen-bond acceptors (Lipinski definition) is 13. The summed E-state index contributed by atoms with van der Waals surface area (Å²) in [5.74, 6) is -3.08. The number of aromatic nitrogens is 4. The van der Waals surface area contributed by atoms with Crippen LogP contribution in [0.2, 0.25) is 0 Å². The largest absolute Gasteiger partial charge is 0.497 e. The van der Waals surface area contributed by atoms with E-state index in [1.807, 2.05) is 121 Å². The van der Waals surface area contributed by atoms with E-state index >= 15 is 13.2 Å². The molecule has 0 aliphatic carbocycles. The smallest absolute Gasteiger partial charge is 0.458 e. The monoisotopic (exact) mass is 1140 g/mol. The van der Waals surface area contributed by atoms with Crippen LogP contribution in [0.25, 0.3) is 0 Å². The van der Waals surface area contributed by atoms with Crippen LogP contribution in [0.1, 0.15) is 69.8 Å². The van der Waals surface area contributed by atoms with Crippen LogP contribution < -0.4 is 36.7 Å². The SMILES string of the molecule is COc1ccc(C(OC[C@H]2O[C@@H](n3cc(C)c(=O)[nH]c3=O)C[C@@H]2OP(OC[C@H]2O[C@@H](n3cc(C)c(=O)[nH]c3=O)C[C@@H]2OC2(c3ccccc3)c3ccccc3Oc3ccccc32)C(F)(F)F)(c2ccccc2)c2ccc(OC)cc2)cc1. The summed E-state index contributed by atoms with van der Waals surface area (Å²) in [6.45, 7) is 1.79. The van der Waals surface area contributed by atoms with Crippen molar-refractivity contribution in [1.29, 1.82) is 0 Å². The number of ether oxygens (including phenoxy) is 7. The number of hydrogen-bond donors (Lipinski definition) is 2. The van der Waals surface area contributed by atoms with Gasteiger partial charge in [0.15, 0.2) is 5.60 Å². The lowest BCUT2D eigenvalue weighted by Gasteiger charge is -2.42. The van der Waals surface area contributed by atoms with E-state index in [4.69, 9.17) is 42.2 Å². The second-order valence-electron chi connectivity index (χ2n) is 20.0. The van der Waals surface area contributed by atoms with Gasteiger partial charge in [-0.3, -0.25) is 28.7 Å². The van der Waals surface area contributed by atoms with Crippen molar-refractivity contribution in [1.82, 2.24) is 19.1 Å². The minimum absolute atomic E-state index is 0.0968. The predicted octanol–water partition coefficient (Wildman–Crippen LogP) is 10.0. The van der Waals surface area contributed by atoms with Gasteiger partial charge in [-0.1, -0.05) is 121 Å². The number of benzene rings is 6. The van der Waals surface area contributed by atoms with Gasteiger partial charge in [-0.15, -0.1) is 0 Å². The van der Waals surface area contributed by atoms with E-state index in [9.17, 15) is 19.2 Å². The fourth-order valence-corrected chi connectivity index (χ4v) is 12.0. The fourth-order valence-electron chi connectivity index (χ4n) is 10.9. The van der Waals surface area contributed by atoms with E-state index in [2.05, 4.69) is 9.97 Å². The zero-order chi connectivity index (χ0) is 57.3. The molecule has 5 heterocycles. The Balaban J connectivity index is 0.963. The molecule has 3 aliphatic heterocycles. The normalized spacial score (nSPS) is 20.6. The number of H-pyrrole nitrogens is 2. The average Bonchev–Trinajstić information content (AvgIpc) is 2.04. The van der Waals surface area contributed by atoms with Gasteiger partial charge in [-0.25, -0.2) is 9.59 Å². The molecule has 2 fully saturated rings. The Morgan fingerprint density at radius 1 is 0.585 bits per heavy atom. The lowest BCUT2D eigenvalue weighted by Crippen LogP contribution is -2.42. The number of fused-ring (bicyclic) bond motifs is 2. The van der Waals surface area contributed by atoms with E-state index < -0.39 is 98.1 Å². The van der Waals surface area contributed by atoms with Crippen LogP contribution in [0.15, 0.2) is 189 Å². The first-order valence-electron chi connectivity index (χ1n) is 26.3. The van der Waals surface area contributed by atoms with Gasteiger partial charge in [-0.2, -0.15) is 13.2 Å². The van der Waals surface area contributed by atoms with E-state index in [0.29, 0.717) is 56.4 Å². The van der Waals surface area contributed by atoms with Gasteiger partial charge < -0.3 is 42.2 Å². The van der Waals surface area contributed by atoms with E-state index in [0.717, 1.165) is 4.57 Å². The molecule has 0 radical (unpaired) electrons. The summed E-state index contributed by atoms with van der Waals surface area (Å²) in [6.07, 6.45) is -5.47. The predicted molar refractivity (Wildman–Crippen MR) is 295 cm³/mol. The maximum Gasteiger partial charge on any atom is 0.458 e. The minimum atomic E-state index is -5.14. The highest BCUT2D eigenvalue weighted by atomic mass is 31.2. The summed E-state index contributed by atoms with van der Waals surface area (Å²) in [5.41, 5.74) is -1.76. The van der Waals surface area contributed by atoms with Crippen molar-refractivity contribution >= 4 is 8.38 Å². The van der Waals surface area contributed by atoms with Crippen molar-refractivity contribution in [2.45, 2.75) is 80.7 Å². The Bertz CT molecular complexity index is 3710. The molecule has 82 heavy (non-hydrogen) atoms. The minimum Gasteiger partial charge on any atom is -0.497 e. The third-order valence-electron chi connectivity index (χ3n) is 15.0. The summed E-state index contributed by atoms with van der Waals surface area (Å²) in [5, 5.41) is 0.